The van der Waals surface area contributed by atoms with Crippen LogP contribution in [0, 0.1) is 11.3 Å². The third-order valence-electron chi connectivity index (χ3n) is 4.35. The van der Waals surface area contributed by atoms with E-state index in [9.17, 15) is 15.2 Å². The van der Waals surface area contributed by atoms with Crippen molar-refractivity contribution in [1.29, 1.82) is 5.26 Å². The number of rotatable bonds is 5. The zero-order chi connectivity index (χ0) is 20.2. The molecule has 0 radical (unpaired) electrons. The number of aliphatic hydroxyl groups is 1. The van der Waals surface area contributed by atoms with E-state index < -0.39 is 12.6 Å². The van der Waals surface area contributed by atoms with E-state index in [0.717, 1.165) is 5.52 Å². The molecule has 146 valence electrons. The Morgan fingerprint density at radius 3 is 2.79 bits per heavy atom. The number of hydrogen-bond acceptors (Lipinski definition) is 7. The van der Waals surface area contributed by atoms with Crippen molar-refractivity contribution >= 4 is 22.6 Å². The van der Waals surface area contributed by atoms with Crippen molar-refractivity contribution in [3.8, 4) is 17.6 Å². The van der Waals surface area contributed by atoms with Gasteiger partial charge in [0.05, 0.1) is 17.5 Å². The maximum absolute atomic E-state index is 12.1. The SMILES string of the molecule is N#C/C(=C(/O)COC(=O)Cc1ccc2c(c1)OCCO2)c1nc2ccccc2[nH]1. The van der Waals surface area contributed by atoms with Crippen LogP contribution >= 0.6 is 0 Å². The number of fused-ring (bicyclic) bond motifs is 2. The minimum Gasteiger partial charge on any atom is -0.507 e. The van der Waals surface area contributed by atoms with Gasteiger partial charge in [-0.05, 0) is 29.8 Å². The number of aliphatic hydroxyl groups excluding tert-OH is 1. The molecule has 0 saturated heterocycles. The van der Waals surface area contributed by atoms with Crippen molar-refractivity contribution in [3.63, 3.8) is 0 Å². The lowest BCUT2D eigenvalue weighted by Crippen LogP contribution is -2.16. The summed E-state index contributed by atoms with van der Waals surface area (Å²) >= 11 is 0. The molecule has 1 aromatic heterocycles. The second kappa shape index (κ2) is 7.94. The van der Waals surface area contributed by atoms with E-state index in [1.165, 1.54) is 0 Å². The van der Waals surface area contributed by atoms with E-state index in [0.29, 0.717) is 35.8 Å². The number of ether oxygens (including phenoxy) is 3. The molecule has 0 bridgehead atoms. The minimum atomic E-state index is -0.546. The molecule has 0 atom stereocenters. The molecule has 1 aliphatic rings. The first-order chi connectivity index (χ1) is 14.1. The Kier molecular flexibility index (Phi) is 5.03. The summed E-state index contributed by atoms with van der Waals surface area (Å²) in [7, 11) is 0. The van der Waals surface area contributed by atoms with Crippen LogP contribution in [0.1, 0.15) is 11.4 Å². The first-order valence-electron chi connectivity index (χ1n) is 8.95. The molecule has 0 saturated carbocycles. The topological polar surface area (TPSA) is 117 Å². The number of carbonyl (C=O) groups is 1. The lowest BCUT2D eigenvalue weighted by atomic mass is 10.1. The van der Waals surface area contributed by atoms with Crippen LogP contribution in [0.2, 0.25) is 0 Å². The van der Waals surface area contributed by atoms with Crippen LogP contribution < -0.4 is 9.47 Å². The summed E-state index contributed by atoms with van der Waals surface area (Å²) in [4.78, 5) is 19.4. The number of nitrogens with zero attached hydrogens (tertiary/aromatic N) is 2. The largest absolute Gasteiger partial charge is 0.507 e. The molecular weight excluding hydrogens is 374 g/mol. The highest BCUT2D eigenvalue weighted by Crippen LogP contribution is 2.31. The number of nitrogens with one attached hydrogen (secondary N) is 1. The lowest BCUT2D eigenvalue weighted by Gasteiger charge is -2.18. The molecule has 1 aliphatic heterocycles. The van der Waals surface area contributed by atoms with Gasteiger partial charge < -0.3 is 24.3 Å². The second-order valence-corrected chi connectivity index (χ2v) is 6.35. The maximum Gasteiger partial charge on any atom is 0.310 e. The smallest absolute Gasteiger partial charge is 0.310 e. The Bertz CT molecular complexity index is 1110. The van der Waals surface area contributed by atoms with Crippen LogP contribution in [0.5, 0.6) is 11.5 Å². The highest BCUT2D eigenvalue weighted by Gasteiger charge is 2.16. The van der Waals surface area contributed by atoms with E-state index in [4.69, 9.17) is 14.2 Å². The molecule has 2 aromatic carbocycles. The van der Waals surface area contributed by atoms with E-state index in [-0.39, 0.29) is 23.6 Å². The number of aromatic nitrogens is 2. The highest BCUT2D eigenvalue weighted by molar-refractivity contribution is 5.83. The average molecular weight is 391 g/mol. The zero-order valence-electron chi connectivity index (χ0n) is 15.3. The predicted octanol–water partition coefficient (Wildman–Crippen LogP) is 2.91. The van der Waals surface area contributed by atoms with Gasteiger partial charge in [0.15, 0.2) is 23.1 Å². The van der Waals surface area contributed by atoms with Crippen LogP contribution in [0.15, 0.2) is 48.2 Å². The summed E-state index contributed by atoms with van der Waals surface area (Å²) in [5.74, 6) is 0.519. The zero-order valence-corrected chi connectivity index (χ0v) is 15.3. The third-order valence-corrected chi connectivity index (χ3v) is 4.35. The van der Waals surface area contributed by atoms with Gasteiger partial charge in [-0.3, -0.25) is 4.79 Å². The van der Waals surface area contributed by atoms with Gasteiger partial charge in [-0.25, -0.2) is 4.98 Å². The van der Waals surface area contributed by atoms with Gasteiger partial charge in [0, 0.05) is 0 Å². The normalized spacial score (nSPS) is 13.5. The van der Waals surface area contributed by atoms with Gasteiger partial charge in [-0.2, -0.15) is 5.26 Å². The fraction of sp³-hybridized carbons (Fsp3) is 0.190. The summed E-state index contributed by atoms with van der Waals surface area (Å²) in [5, 5.41) is 19.6. The Hall–Kier alpha value is -3.99. The Morgan fingerprint density at radius 2 is 2.00 bits per heavy atom. The second-order valence-electron chi connectivity index (χ2n) is 6.35. The minimum absolute atomic E-state index is 0.00353. The van der Waals surface area contributed by atoms with E-state index in [2.05, 4.69) is 9.97 Å². The van der Waals surface area contributed by atoms with Gasteiger partial charge >= 0.3 is 5.97 Å². The Morgan fingerprint density at radius 1 is 1.21 bits per heavy atom. The summed E-state index contributed by atoms with van der Waals surface area (Å²) in [6.45, 7) is 0.522. The van der Waals surface area contributed by atoms with Crippen molar-refractivity contribution in [2.45, 2.75) is 6.42 Å². The summed E-state index contributed by atoms with van der Waals surface area (Å²) < 4.78 is 16.1. The summed E-state index contributed by atoms with van der Waals surface area (Å²) in [5.41, 5.74) is 2.02. The molecule has 4 rings (SSSR count). The molecule has 3 aromatic rings. The fourth-order valence-corrected chi connectivity index (χ4v) is 2.96. The molecule has 0 aliphatic carbocycles. The monoisotopic (exact) mass is 391 g/mol. The van der Waals surface area contributed by atoms with Crippen molar-refractivity contribution < 1.29 is 24.1 Å². The van der Waals surface area contributed by atoms with Gasteiger partial charge in [0.25, 0.3) is 0 Å². The lowest BCUT2D eigenvalue weighted by molar-refractivity contribution is -0.142. The molecule has 2 N–H and O–H groups in total. The van der Waals surface area contributed by atoms with Gasteiger partial charge in [-0.1, -0.05) is 18.2 Å². The number of allylic oxidation sites excluding steroid dienone is 1. The number of H-pyrrole nitrogens is 1. The number of carbonyl (C=O) groups excluding carboxylic acids is 1. The molecular formula is C21H17N3O5. The molecule has 8 heteroatoms. The van der Waals surface area contributed by atoms with Crippen LogP contribution in [0.3, 0.4) is 0 Å². The van der Waals surface area contributed by atoms with Crippen LogP contribution in [-0.2, 0) is 16.0 Å². The molecule has 0 amide bonds. The first-order valence-corrected chi connectivity index (χ1v) is 8.95. The highest BCUT2D eigenvalue weighted by atomic mass is 16.6. The number of imidazole rings is 1. The van der Waals surface area contributed by atoms with E-state index >= 15 is 0 Å². The number of aromatic amines is 1. The summed E-state index contributed by atoms with van der Waals surface area (Å²) in [6.07, 6.45) is -0.00353. The van der Waals surface area contributed by atoms with E-state index in [1.807, 2.05) is 24.3 Å². The quantitative estimate of drug-likeness (QED) is 0.390. The molecule has 0 spiro atoms. The van der Waals surface area contributed by atoms with Crippen molar-refractivity contribution in [2.24, 2.45) is 0 Å². The van der Waals surface area contributed by atoms with Crippen molar-refractivity contribution in [1.82, 2.24) is 9.97 Å². The van der Waals surface area contributed by atoms with Crippen LogP contribution in [0.4, 0.5) is 0 Å². The van der Waals surface area contributed by atoms with Gasteiger partial charge in [-0.15, -0.1) is 0 Å². The summed E-state index contributed by atoms with van der Waals surface area (Å²) in [6, 6.07) is 14.4. The maximum atomic E-state index is 12.1. The predicted molar refractivity (Wildman–Crippen MR) is 103 cm³/mol. The number of nitriles is 1. The Balaban J connectivity index is 1.42. The number of para-hydroxylation sites is 2. The van der Waals surface area contributed by atoms with Crippen molar-refractivity contribution in [3.05, 3.63) is 59.6 Å². The van der Waals surface area contributed by atoms with Gasteiger partial charge in [0.2, 0.25) is 0 Å². The molecule has 2 heterocycles. The fourth-order valence-electron chi connectivity index (χ4n) is 2.96. The number of benzene rings is 2. The molecule has 0 unspecified atom stereocenters. The van der Waals surface area contributed by atoms with Crippen molar-refractivity contribution in [2.75, 3.05) is 19.8 Å². The average Bonchev–Trinajstić information content (AvgIpc) is 3.16. The molecule has 29 heavy (non-hydrogen) atoms. The van der Waals surface area contributed by atoms with E-state index in [1.54, 1.807) is 24.3 Å². The molecule has 0 fully saturated rings. The van der Waals surface area contributed by atoms with Gasteiger partial charge in [0.1, 0.15) is 31.5 Å². The molecule has 8 nitrogen and oxygen atoms in total. The van der Waals surface area contributed by atoms with Crippen LogP contribution in [0.25, 0.3) is 16.6 Å². The Labute approximate surface area is 166 Å². The first kappa shape index (κ1) is 18.4. The standard InChI is InChI=1S/C21H17N3O5/c22-11-14(21-23-15-3-1-2-4-16(15)24-21)17(25)12-29-20(26)10-13-5-6-18-19(9-13)28-8-7-27-18/h1-6,9,25H,7-8,10,12H2,(H,23,24)/b17-14-. The number of esters is 1. The third kappa shape index (κ3) is 3.99. The van der Waals surface area contributed by atoms with Crippen LogP contribution in [-0.4, -0.2) is 40.9 Å². The number of hydrogen-bond donors (Lipinski definition) is 2.